The lowest BCUT2D eigenvalue weighted by Gasteiger charge is -2.14. The summed E-state index contributed by atoms with van der Waals surface area (Å²) in [5.74, 6) is 0.776. The van der Waals surface area contributed by atoms with E-state index in [2.05, 4.69) is 77.0 Å². The van der Waals surface area contributed by atoms with Crippen LogP contribution in [0.5, 0.6) is 0 Å². The highest BCUT2D eigenvalue weighted by Crippen LogP contribution is 2.18. The van der Waals surface area contributed by atoms with Gasteiger partial charge in [-0.3, -0.25) is 4.98 Å². The number of hydrogen-bond donors (Lipinski definition) is 2. The van der Waals surface area contributed by atoms with Crippen molar-refractivity contribution < 1.29 is 0 Å². The summed E-state index contributed by atoms with van der Waals surface area (Å²) in [6.45, 7) is 8.15. The van der Waals surface area contributed by atoms with Crippen LogP contribution in [0.1, 0.15) is 29.4 Å². The van der Waals surface area contributed by atoms with E-state index in [-0.39, 0.29) is 0 Å². The van der Waals surface area contributed by atoms with Gasteiger partial charge in [-0.15, -0.1) is 0 Å². The molecule has 2 heterocycles. The topological polar surface area (TPSA) is 67.1 Å². The summed E-state index contributed by atoms with van der Waals surface area (Å²) in [4.78, 5) is 9.38. The van der Waals surface area contributed by atoms with Gasteiger partial charge in [0, 0.05) is 30.4 Å². The SMILES string of the molecule is CCNC(=NCc1ccccc1-n1nc(C)cc1C)NCc1cccc2cccnc12. The number of para-hydroxylation sites is 2. The number of rotatable bonds is 6. The summed E-state index contributed by atoms with van der Waals surface area (Å²) in [7, 11) is 0. The number of hydrogen-bond acceptors (Lipinski definition) is 3. The lowest BCUT2D eigenvalue weighted by molar-refractivity contribution is 0.802. The van der Waals surface area contributed by atoms with Gasteiger partial charge in [0.1, 0.15) is 0 Å². The van der Waals surface area contributed by atoms with Crippen LogP contribution in [0, 0.1) is 13.8 Å². The van der Waals surface area contributed by atoms with Gasteiger partial charge in [0.25, 0.3) is 0 Å². The van der Waals surface area contributed by atoms with Gasteiger partial charge in [0.2, 0.25) is 0 Å². The van der Waals surface area contributed by atoms with Crippen molar-refractivity contribution in [2.45, 2.75) is 33.9 Å². The quantitative estimate of drug-likeness (QED) is 0.366. The van der Waals surface area contributed by atoms with E-state index >= 15 is 0 Å². The number of nitrogens with zero attached hydrogens (tertiary/aromatic N) is 4. The molecule has 0 fully saturated rings. The third-order valence-corrected chi connectivity index (χ3v) is 5.14. The van der Waals surface area contributed by atoms with E-state index in [1.807, 2.05) is 36.0 Å². The van der Waals surface area contributed by atoms with Gasteiger partial charge in [0.05, 0.1) is 23.4 Å². The molecule has 0 saturated heterocycles. The number of aromatic nitrogens is 3. The molecule has 0 saturated carbocycles. The third-order valence-electron chi connectivity index (χ3n) is 5.14. The van der Waals surface area contributed by atoms with Crippen LogP contribution in [-0.4, -0.2) is 27.3 Å². The molecule has 4 rings (SSSR count). The van der Waals surface area contributed by atoms with Crippen molar-refractivity contribution in [1.29, 1.82) is 0 Å². The molecule has 158 valence electrons. The van der Waals surface area contributed by atoms with E-state index in [0.717, 1.165) is 51.6 Å². The van der Waals surface area contributed by atoms with E-state index in [0.29, 0.717) is 13.1 Å². The number of fused-ring (bicyclic) bond motifs is 1. The molecule has 0 amide bonds. The van der Waals surface area contributed by atoms with Crippen LogP contribution in [0.4, 0.5) is 0 Å². The minimum Gasteiger partial charge on any atom is -0.357 e. The Hall–Kier alpha value is -3.67. The Morgan fingerprint density at radius 2 is 1.77 bits per heavy atom. The molecule has 0 aliphatic carbocycles. The molecule has 2 N–H and O–H groups in total. The molecule has 6 heteroatoms. The molecule has 2 aromatic heterocycles. The van der Waals surface area contributed by atoms with Crippen LogP contribution in [-0.2, 0) is 13.1 Å². The summed E-state index contributed by atoms with van der Waals surface area (Å²) in [6, 6.07) is 20.7. The van der Waals surface area contributed by atoms with Crippen molar-refractivity contribution in [3.8, 4) is 5.69 Å². The van der Waals surface area contributed by atoms with Gasteiger partial charge < -0.3 is 10.6 Å². The number of pyridine rings is 1. The second kappa shape index (κ2) is 9.43. The molecule has 0 aliphatic rings. The van der Waals surface area contributed by atoms with Gasteiger partial charge in [-0.25, -0.2) is 9.67 Å². The average molecular weight is 413 g/mol. The van der Waals surface area contributed by atoms with Gasteiger partial charge in [0.15, 0.2) is 5.96 Å². The van der Waals surface area contributed by atoms with Gasteiger partial charge in [-0.1, -0.05) is 42.5 Å². The number of aryl methyl sites for hydroxylation is 2. The molecule has 0 bridgehead atoms. The molecule has 0 unspecified atom stereocenters. The molecule has 4 aromatic rings. The largest absolute Gasteiger partial charge is 0.357 e. The van der Waals surface area contributed by atoms with Crippen molar-refractivity contribution in [2.75, 3.05) is 6.54 Å². The fourth-order valence-corrected chi connectivity index (χ4v) is 3.72. The Bertz CT molecular complexity index is 1200. The van der Waals surface area contributed by atoms with E-state index < -0.39 is 0 Å². The second-order valence-electron chi connectivity index (χ2n) is 7.51. The predicted molar refractivity (Wildman–Crippen MR) is 126 cm³/mol. The lowest BCUT2D eigenvalue weighted by atomic mass is 10.1. The minimum absolute atomic E-state index is 0.553. The number of benzene rings is 2. The van der Waals surface area contributed by atoms with Crippen LogP contribution >= 0.6 is 0 Å². The maximum Gasteiger partial charge on any atom is 0.191 e. The first-order valence-electron chi connectivity index (χ1n) is 10.6. The fourth-order valence-electron chi connectivity index (χ4n) is 3.72. The average Bonchev–Trinajstić information content (AvgIpc) is 3.13. The van der Waals surface area contributed by atoms with Crippen LogP contribution in [0.25, 0.3) is 16.6 Å². The predicted octanol–water partition coefficient (Wildman–Crippen LogP) is 4.29. The molecule has 31 heavy (non-hydrogen) atoms. The van der Waals surface area contributed by atoms with Crippen LogP contribution in [0.2, 0.25) is 0 Å². The highest BCUT2D eigenvalue weighted by atomic mass is 15.3. The molecule has 0 aliphatic heterocycles. The van der Waals surface area contributed by atoms with Crippen molar-refractivity contribution >= 4 is 16.9 Å². The van der Waals surface area contributed by atoms with Crippen molar-refractivity contribution in [3.63, 3.8) is 0 Å². The zero-order valence-corrected chi connectivity index (χ0v) is 18.3. The second-order valence-corrected chi connectivity index (χ2v) is 7.51. The Labute approximate surface area is 183 Å². The number of guanidine groups is 1. The summed E-state index contributed by atoms with van der Waals surface area (Å²) < 4.78 is 1.99. The Kier molecular flexibility index (Phi) is 6.26. The molecule has 6 nitrogen and oxygen atoms in total. The molecule has 0 spiro atoms. The molecule has 0 atom stereocenters. The van der Waals surface area contributed by atoms with Crippen molar-refractivity contribution in [3.05, 3.63) is 89.4 Å². The molecular weight excluding hydrogens is 384 g/mol. The molecule has 2 aromatic carbocycles. The maximum atomic E-state index is 4.83. The monoisotopic (exact) mass is 412 g/mol. The normalized spacial score (nSPS) is 11.6. The minimum atomic E-state index is 0.553. The van der Waals surface area contributed by atoms with Crippen molar-refractivity contribution in [1.82, 2.24) is 25.4 Å². The summed E-state index contributed by atoms with van der Waals surface area (Å²) >= 11 is 0. The molecule has 0 radical (unpaired) electrons. The lowest BCUT2D eigenvalue weighted by Crippen LogP contribution is -2.36. The van der Waals surface area contributed by atoms with Gasteiger partial charge in [-0.05, 0) is 50.1 Å². The first-order valence-corrected chi connectivity index (χ1v) is 10.6. The number of nitrogens with one attached hydrogen (secondary N) is 2. The zero-order valence-electron chi connectivity index (χ0n) is 18.3. The van der Waals surface area contributed by atoms with Crippen LogP contribution < -0.4 is 10.6 Å². The Morgan fingerprint density at radius 1 is 0.968 bits per heavy atom. The maximum absolute atomic E-state index is 4.83. The van der Waals surface area contributed by atoms with Gasteiger partial charge in [-0.2, -0.15) is 5.10 Å². The first-order chi connectivity index (χ1) is 15.2. The fraction of sp³-hybridized carbons (Fsp3) is 0.240. The Morgan fingerprint density at radius 3 is 2.58 bits per heavy atom. The Balaban J connectivity index is 1.54. The summed E-state index contributed by atoms with van der Waals surface area (Å²) in [5, 5.41) is 12.6. The number of aliphatic imine (C=N–C) groups is 1. The standard InChI is InChI=1S/C25H28N6/c1-4-26-25(29-17-22-11-7-10-20-12-8-14-27-24(20)22)28-16-21-9-5-6-13-23(21)31-19(3)15-18(2)30-31/h5-15H,4,16-17H2,1-3H3,(H2,26,28,29). The molecular formula is C25H28N6. The summed E-state index contributed by atoms with van der Waals surface area (Å²) in [5.41, 5.74) is 6.47. The first kappa shape index (κ1) is 20.6. The zero-order chi connectivity index (χ0) is 21.6. The van der Waals surface area contributed by atoms with Crippen molar-refractivity contribution in [2.24, 2.45) is 4.99 Å². The van der Waals surface area contributed by atoms with Crippen LogP contribution in [0.3, 0.4) is 0 Å². The van der Waals surface area contributed by atoms with E-state index in [1.54, 1.807) is 0 Å². The highest BCUT2D eigenvalue weighted by Gasteiger charge is 2.09. The van der Waals surface area contributed by atoms with E-state index in [1.165, 1.54) is 0 Å². The van der Waals surface area contributed by atoms with Gasteiger partial charge >= 0.3 is 0 Å². The van der Waals surface area contributed by atoms with Crippen LogP contribution in [0.15, 0.2) is 71.9 Å². The third kappa shape index (κ3) is 4.74. The summed E-state index contributed by atoms with van der Waals surface area (Å²) in [6.07, 6.45) is 1.83. The van der Waals surface area contributed by atoms with E-state index in [9.17, 15) is 0 Å². The van der Waals surface area contributed by atoms with E-state index in [4.69, 9.17) is 4.99 Å². The smallest absolute Gasteiger partial charge is 0.191 e. The highest BCUT2D eigenvalue weighted by molar-refractivity contribution is 5.83.